The number of anilines is 2. The van der Waals surface area contributed by atoms with Crippen molar-refractivity contribution < 1.29 is 9.47 Å². The molecule has 4 saturated heterocycles. The van der Waals surface area contributed by atoms with E-state index >= 15 is 0 Å². The highest BCUT2D eigenvalue weighted by Gasteiger charge is 2.41. The number of aryl methyl sites for hydroxylation is 1. The van der Waals surface area contributed by atoms with Crippen LogP contribution in [0.15, 0.2) is 6.07 Å². The topological polar surface area (TPSA) is 55.7 Å². The number of fused-ring (bicyclic) bond motifs is 3. The van der Waals surface area contributed by atoms with E-state index < -0.39 is 0 Å². The van der Waals surface area contributed by atoms with Crippen LogP contribution in [0.25, 0.3) is 11.0 Å². The molecule has 0 radical (unpaired) electrons. The van der Waals surface area contributed by atoms with Gasteiger partial charge in [0.15, 0.2) is 5.82 Å². The zero-order chi connectivity index (χ0) is 18.9. The van der Waals surface area contributed by atoms with E-state index in [2.05, 4.69) is 26.4 Å². The molecular formula is C20H26ClN5O2. The van der Waals surface area contributed by atoms with E-state index in [0.29, 0.717) is 22.7 Å². The van der Waals surface area contributed by atoms with Crippen LogP contribution in [0.5, 0.6) is 0 Å². The highest BCUT2D eigenvalue weighted by atomic mass is 35.5. The lowest BCUT2D eigenvalue weighted by molar-refractivity contribution is 0.0990. The fourth-order valence-corrected chi connectivity index (χ4v) is 5.68. The van der Waals surface area contributed by atoms with Crippen molar-refractivity contribution in [3.8, 4) is 0 Å². The Morgan fingerprint density at radius 3 is 2.75 bits per heavy atom. The van der Waals surface area contributed by atoms with Crippen molar-refractivity contribution in [2.24, 2.45) is 12.5 Å². The van der Waals surface area contributed by atoms with Crippen molar-refractivity contribution in [1.29, 1.82) is 0 Å². The summed E-state index contributed by atoms with van der Waals surface area (Å²) in [5, 5.41) is 0.529. The third-order valence-electron chi connectivity index (χ3n) is 7.26. The van der Waals surface area contributed by atoms with Crippen molar-refractivity contribution in [1.82, 2.24) is 14.5 Å². The number of aromatic nitrogens is 3. The number of imidazole rings is 1. The third kappa shape index (κ3) is 2.56. The van der Waals surface area contributed by atoms with Crippen LogP contribution >= 0.6 is 11.6 Å². The summed E-state index contributed by atoms with van der Waals surface area (Å²) >= 11 is 6.42. The number of ether oxygens (including phenoxy) is 2. The van der Waals surface area contributed by atoms with Gasteiger partial charge in [-0.3, -0.25) is 0 Å². The lowest BCUT2D eigenvalue weighted by Gasteiger charge is -2.38. The van der Waals surface area contributed by atoms with Gasteiger partial charge in [0.2, 0.25) is 5.95 Å². The summed E-state index contributed by atoms with van der Waals surface area (Å²) in [5.74, 6) is 1.94. The molecule has 6 heterocycles. The average molecular weight is 404 g/mol. The third-order valence-corrected chi connectivity index (χ3v) is 7.45. The molecule has 0 unspecified atom stereocenters. The number of halogens is 1. The summed E-state index contributed by atoms with van der Waals surface area (Å²) in [7, 11) is 2.09. The Labute approximate surface area is 169 Å². The van der Waals surface area contributed by atoms with Crippen LogP contribution in [0.1, 0.15) is 25.7 Å². The van der Waals surface area contributed by atoms with E-state index in [9.17, 15) is 0 Å². The highest BCUT2D eigenvalue weighted by molar-refractivity contribution is 6.30. The molecule has 0 amide bonds. The molecule has 1 spiro atoms. The molecule has 8 heteroatoms. The van der Waals surface area contributed by atoms with E-state index in [1.165, 1.54) is 19.3 Å². The van der Waals surface area contributed by atoms with Gasteiger partial charge in [-0.25, -0.2) is 9.97 Å². The molecule has 150 valence electrons. The largest absolute Gasteiger partial charge is 0.381 e. The molecule has 0 saturated carbocycles. The van der Waals surface area contributed by atoms with Crippen LogP contribution in [-0.2, 0) is 16.5 Å². The summed E-state index contributed by atoms with van der Waals surface area (Å²) < 4.78 is 13.6. The van der Waals surface area contributed by atoms with Gasteiger partial charge in [0.1, 0.15) is 10.7 Å². The minimum atomic E-state index is 0.316. The van der Waals surface area contributed by atoms with Crippen LogP contribution in [0.3, 0.4) is 0 Å². The standard InChI is InChI=1S/C20H26ClN5O2/c1-24-15-9-16(21)22-18(26-10-14-8-13(26)11-28-14)17(15)23-19(24)25-5-2-20(3-6-25)4-7-27-12-20/h9,13-14H,2-8,10-12H2,1H3/t13-,14-/m1/s1. The van der Waals surface area contributed by atoms with E-state index in [1.54, 1.807) is 0 Å². The summed E-state index contributed by atoms with van der Waals surface area (Å²) in [6, 6.07) is 2.33. The smallest absolute Gasteiger partial charge is 0.206 e. The lowest BCUT2D eigenvalue weighted by atomic mass is 9.78. The Kier molecular flexibility index (Phi) is 3.84. The lowest BCUT2D eigenvalue weighted by Crippen LogP contribution is -2.41. The first-order chi connectivity index (χ1) is 13.6. The Bertz CT molecular complexity index is 915. The molecule has 7 nitrogen and oxygen atoms in total. The van der Waals surface area contributed by atoms with Crippen molar-refractivity contribution in [3.05, 3.63) is 11.2 Å². The van der Waals surface area contributed by atoms with Gasteiger partial charge in [-0.15, -0.1) is 0 Å². The van der Waals surface area contributed by atoms with Crippen molar-refractivity contribution in [2.45, 2.75) is 37.8 Å². The molecule has 4 aliphatic rings. The minimum absolute atomic E-state index is 0.316. The van der Waals surface area contributed by atoms with Crippen LogP contribution in [0.2, 0.25) is 5.15 Å². The quantitative estimate of drug-likeness (QED) is 0.718. The van der Waals surface area contributed by atoms with Gasteiger partial charge in [-0.1, -0.05) is 11.6 Å². The molecular weight excluding hydrogens is 378 g/mol. The van der Waals surface area contributed by atoms with Crippen molar-refractivity contribution in [2.75, 3.05) is 49.3 Å². The van der Waals surface area contributed by atoms with Gasteiger partial charge in [0.25, 0.3) is 0 Å². The van der Waals surface area contributed by atoms with Crippen LogP contribution in [-0.4, -0.2) is 66.1 Å². The van der Waals surface area contributed by atoms with Crippen molar-refractivity contribution >= 4 is 34.4 Å². The normalized spacial score (nSPS) is 28.9. The Hall–Kier alpha value is -1.57. The maximum atomic E-state index is 6.42. The molecule has 0 N–H and O–H groups in total. The number of piperidine rings is 1. The van der Waals surface area contributed by atoms with Gasteiger partial charge in [-0.05, 0) is 31.1 Å². The SMILES string of the molecule is Cn1c(N2CCC3(CCOC3)CC2)nc2c(N3C[C@H]4C[C@@H]3CO4)nc(Cl)cc21. The number of pyridine rings is 1. The second-order valence-electron chi connectivity index (χ2n) is 8.89. The number of hydrogen-bond acceptors (Lipinski definition) is 6. The zero-order valence-electron chi connectivity index (χ0n) is 16.2. The number of nitrogens with zero attached hydrogens (tertiary/aromatic N) is 5. The maximum absolute atomic E-state index is 6.42. The van der Waals surface area contributed by atoms with Crippen molar-refractivity contribution in [3.63, 3.8) is 0 Å². The van der Waals surface area contributed by atoms with E-state index in [1.807, 2.05) is 6.07 Å². The fourth-order valence-electron chi connectivity index (χ4n) is 5.49. The highest BCUT2D eigenvalue weighted by Crippen LogP contribution is 2.41. The molecule has 4 fully saturated rings. The fraction of sp³-hybridized carbons (Fsp3) is 0.700. The summed E-state index contributed by atoms with van der Waals surface area (Å²) in [4.78, 5) is 14.5. The molecule has 4 aliphatic heterocycles. The van der Waals surface area contributed by atoms with Gasteiger partial charge >= 0.3 is 0 Å². The molecule has 2 atom stereocenters. The second-order valence-corrected chi connectivity index (χ2v) is 9.28. The van der Waals surface area contributed by atoms with Crippen LogP contribution < -0.4 is 9.80 Å². The number of rotatable bonds is 2. The zero-order valence-corrected chi connectivity index (χ0v) is 17.0. The van der Waals surface area contributed by atoms with E-state index in [4.69, 9.17) is 26.1 Å². The van der Waals surface area contributed by atoms with E-state index in [0.717, 1.165) is 68.7 Å². The first kappa shape index (κ1) is 17.3. The van der Waals surface area contributed by atoms with Crippen LogP contribution in [0, 0.1) is 5.41 Å². The number of hydrogen-bond donors (Lipinski definition) is 0. The summed E-state index contributed by atoms with van der Waals surface area (Å²) in [6.07, 6.45) is 4.94. The van der Waals surface area contributed by atoms with Gasteiger partial charge < -0.3 is 23.8 Å². The summed E-state index contributed by atoms with van der Waals surface area (Å²) in [6.45, 7) is 5.55. The average Bonchev–Trinajstić information content (AvgIpc) is 3.48. The molecule has 0 aliphatic carbocycles. The molecule has 0 aromatic carbocycles. The monoisotopic (exact) mass is 403 g/mol. The first-order valence-corrected chi connectivity index (χ1v) is 10.7. The predicted octanol–water partition coefficient (Wildman–Crippen LogP) is 2.61. The van der Waals surface area contributed by atoms with Gasteiger partial charge in [-0.2, -0.15) is 0 Å². The molecule has 6 rings (SSSR count). The maximum Gasteiger partial charge on any atom is 0.206 e. The first-order valence-electron chi connectivity index (χ1n) is 10.4. The van der Waals surface area contributed by atoms with E-state index in [-0.39, 0.29) is 0 Å². The van der Waals surface area contributed by atoms with Crippen LogP contribution in [0.4, 0.5) is 11.8 Å². The molecule has 2 aromatic rings. The van der Waals surface area contributed by atoms with Gasteiger partial charge in [0.05, 0.1) is 30.9 Å². The van der Waals surface area contributed by atoms with Gasteiger partial charge in [0, 0.05) is 39.4 Å². The molecule has 28 heavy (non-hydrogen) atoms. The predicted molar refractivity (Wildman–Crippen MR) is 108 cm³/mol. The minimum Gasteiger partial charge on any atom is -0.381 e. The Morgan fingerprint density at radius 1 is 1.21 bits per heavy atom. The Morgan fingerprint density at radius 2 is 2.07 bits per heavy atom. The number of morpholine rings is 1. The summed E-state index contributed by atoms with van der Waals surface area (Å²) in [5.41, 5.74) is 2.41. The molecule has 2 aromatic heterocycles. The second kappa shape index (κ2) is 6.21. The molecule has 2 bridgehead atoms. The Balaban J connectivity index is 1.35.